The van der Waals surface area contributed by atoms with Crippen molar-refractivity contribution in [2.75, 3.05) is 5.43 Å². The summed E-state index contributed by atoms with van der Waals surface area (Å²) in [6, 6.07) is 3.90. The molecule has 0 aliphatic heterocycles. The Labute approximate surface area is 152 Å². The van der Waals surface area contributed by atoms with Crippen LogP contribution in [-0.4, -0.2) is 16.1 Å². The van der Waals surface area contributed by atoms with Crippen LogP contribution in [0, 0.1) is 26.0 Å². The number of hydrogen-bond donors (Lipinski definition) is 1. The lowest BCUT2D eigenvalue weighted by atomic mass is 10.1. The van der Waals surface area contributed by atoms with Gasteiger partial charge in [-0.05, 0) is 12.1 Å². The Bertz CT molecular complexity index is 894. The molecule has 0 atom stereocenters. The number of nitrogens with zero attached hydrogens (tertiary/aromatic N) is 3. The smallest absolute Gasteiger partial charge is 0.266 e. The van der Waals surface area contributed by atoms with E-state index in [1.165, 1.54) is 12.1 Å². The van der Waals surface area contributed by atoms with Gasteiger partial charge in [0.1, 0.15) is 5.82 Å². The standard InChI is InChI=1S/C14H7ClF4N4O4/c15-9-2-1-3-10(16)8(9)6-20-21-13-11(22(24)25)4-7(14(17,18)19)5-12(13)23(26)27/h1-6,21H/b20-6-. The summed E-state index contributed by atoms with van der Waals surface area (Å²) < 4.78 is 52.1. The highest BCUT2D eigenvalue weighted by atomic mass is 35.5. The van der Waals surface area contributed by atoms with Gasteiger partial charge in [-0.2, -0.15) is 18.3 Å². The van der Waals surface area contributed by atoms with Crippen LogP contribution in [-0.2, 0) is 6.18 Å². The van der Waals surface area contributed by atoms with Gasteiger partial charge in [0.2, 0.25) is 5.69 Å². The van der Waals surface area contributed by atoms with Crippen molar-refractivity contribution in [3.05, 3.63) is 72.5 Å². The van der Waals surface area contributed by atoms with Crippen LogP contribution < -0.4 is 5.43 Å². The summed E-state index contributed by atoms with van der Waals surface area (Å²) in [5.74, 6) is -0.801. The summed E-state index contributed by atoms with van der Waals surface area (Å²) in [6.45, 7) is 0. The monoisotopic (exact) mass is 406 g/mol. The number of hydrogen-bond acceptors (Lipinski definition) is 6. The summed E-state index contributed by atoms with van der Waals surface area (Å²) in [7, 11) is 0. The van der Waals surface area contributed by atoms with Crippen LogP contribution in [0.25, 0.3) is 0 Å². The molecular formula is C14H7ClF4N4O4. The van der Waals surface area contributed by atoms with E-state index in [0.717, 1.165) is 12.3 Å². The Balaban J connectivity index is 2.53. The summed E-state index contributed by atoms with van der Waals surface area (Å²) >= 11 is 5.75. The van der Waals surface area contributed by atoms with E-state index in [1.807, 2.05) is 5.43 Å². The molecule has 0 radical (unpaired) electrons. The molecule has 0 saturated carbocycles. The van der Waals surface area contributed by atoms with Crippen molar-refractivity contribution in [2.45, 2.75) is 6.18 Å². The first-order valence-electron chi connectivity index (χ1n) is 6.79. The number of rotatable bonds is 5. The number of halogens is 5. The van der Waals surface area contributed by atoms with Crippen LogP contribution in [0.5, 0.6) is 0 Å². The maximum Gasteiger partial charge on any atom is 0.416 e. The van der Waals surface area contributed by atoms with E-state index in [4.69, 9.17) is 11.6 Å². The number of benzene rings is 2. The average Bonchev–Trinajstić information content (AvgIpc) is 2.55. The largest absolute Gasteiger partial charge is 0.416 e. The molecule has 0 aromatic heterocycles. The predicted octanol–water partition coefficient (Wildman–Crippen LogP) is 4.76. The fourth-order valence-corrected chi connectivity index (χ4v) is 2.19. The first kappa shape index (κ1) is 20.0. The molecule has 8 nitrogen and oxygen atoms in total. The van der Waals surface area contributed by atoms with Gasteiger partial charge in [-0.1, -0.05) is 17.7 Å². The van der Waals surface area contributed by atoms with Crippen molar-refractivity contribution in [2.24, 2.45) is 5.10 Å². The lowest BCUT2D eigenvalue weighted by molar-refractivity contribution is -0.392. The molecule has 0 saturated heterocycles. The third-order valence-corrected chi connectivity index (χ3v) is 3.52. The lowest BCUT2D eigenvalue weighted by Gasteiger charge is -2.09. The second-order valence-corrected chi connectivity index (χ2v) is 5.31. The number of nitro benzene ring substituents is 2. The van der Waals surface area contributed by atoms with Crippen molar-refractivity contribution < 1.29 is 27.4 Å². The minimum Gasteiger partial charge on any atom is -0.266 e. The van der Waals surface area contributed by atoms with Crippen LogP contribution in [0.4, 0.5) is 34.6 Å². The van der Waals surface area contributed by atoms with E-state index in [9.17, 15) is 37.8 Å². The molecular weight excluding hydrogens is 400 g/mol. The van der Waals surface area contributed by atoms with Crippen molar-refractivity contribution in [3.63, 3.8) is 0 Å². The number of hydrazone groups is 1. The van der Waals surface area contributed by atoms with E-state index in [-0.39, 0.29) is 22.7 Å². The van der Waals surface area contributed by atoms with Gasteiger partial charge in [0.25, 0.3) is 0 Å². The van der Waals surface area contributed by atoms with E-state index in [0.29, 0.717) is 0 Å². The zero-order chi connectivity index (χ0) is 20.4. The van der Waals surface area contributed by atoms with Crippen molar-refractivity contribution in [3.8, 4) is 0 Å². The van der Waals surface area contributed by atoms with Gasteiger partial charge >= 0.3 is 17.6 Å². The SMILES string of the molecule is O=[N+]([O-])c1cc(C(F)(F)F)cc([N+](=O)[O-])c1N/N=C\c1c(F)cccc1Cl. The summed E-state index contributed by atoms with van der Waals surface area (Å²) in [5, 5.41) is 25.5. The molecule has 2 rings (SSSR count). The first-order chi connectivity index (χ1) is 12.5. The Morgan fingerprint density at radius 1 is 1.11 bits per heavy atom. The Kier molecular flexibility index (Phi) is 5.59. The molecule has 0 aliphatic rings. The molecule has 2 aromatic rings. The normalized spacial score (nSPS) is 11.6. The van der Waals surface area contributed by atoms with Crippen LogP contribution in [0.2, 0.25) is 5.02 Å². The van der Waals surface area contributed by atoms with Crippen LogP contribution in [0.1, 0.15) is 11.1 Å². The second kappa shape index (κ2) is 7.53. The van der Waals surface area contributed by atoms with Crippen molar-refractivity contribution in [1.82, 2.24) is 0 Å². The maximum absolute atomic E-state index is 13.6. The Morgan fingerprint density at radius 2 is 1.67 bits per heavy atom. The topological polar surface area (TPSA) is 111 Å². The fourth-order valence-electron chi connectivity index (χ4n) is 1.97. The molecule has 1 N–H and O–H groups in total. The number of alkyl halides is 3. The second-order valence-electron chi connectivity index (χ2n) is 4.91. The first-order valence-corrected chi connectivity index (χ1v) is 7.17. The predicted molar refractivity (Wildman–Crippen MR) is 87.4 cm³/mol. The summed E-state index contributed by atoms with van der Waals surface area (Å²) in [4.78, 5) is 19.6. The van der Waals surface area contributed by atoms with E-state index in [2.05, 4.69) is 5.10 Å². The summed E-state index contributed by atoms with van der Waals surface area (Å²) in [5.41, 5.74) is -3.25. The third-order valence-electron chi connectivity index (χ3n) is 3.19. The van der Waals surface area contributed by atoms with Crippen LogP contribution in [0.15, 0.2) is 35.4 Å². The highest BCUT2D eigenvalue weighted by molar-refractivity contribution is 6.33. The van der Waals surface area contributed by atoms with Gasteiger partial charge in [0, 0.05) is 17.7 Å². The zero-order valence-electron chi connectivity index (χ0n) is 12.8. The van der Waals surface area contributed by atoms with Gasteiger partial charge in [0.05, 0.1) is 26.6 Å². The molecule has 0 fully saturated rings. The average molecular weight is 407 g/mol. The number of anilines is 1. The lowest BCUT2D eigenvalue weighted by Crippen LogP contribution is -2.09. The van der Waals surface area contributed by atoms with Crippen LogP contribution in [0.3, 0.4) is 0 Å². The molecule has 142 valence electrons. The van der Waals surface area contributed by atoms with Gasteiger partial charge < -0.3 is 0 Å². The molecule has 0 amide bonds. The molecule has 13 heteroatoms. The number of nitro groups is 2. The van der Waals surface area contributed by atoms with Gasteiger partial charge in [0.15, 0.2) is 0 Å². The minimum absolute atomic E-state index is 0.0723. The minimum atomic E-state index is -5.04. The maximum atomic E-state index is 13.6. The van der Waals surface area contributed by atoms with Crippen LogP contribution >= 0.6 is 11.6 Å². The fraction of sp³-hybridized carbons (Fsp3) is 0.0714. The van der Waals surface area contributed by atoms with Gasteiger partial charge in [-0.15, -0.1) is 0 Å². The van der Waals surface area contributed by atoms with Gasteiger partial charge in [-0.25, -0.2) is 4.39 Å². The molecule has 27 heavy (non-hydrogen) atoms. The molecule has 0 bridgehead atoms. The molecule has 0 aliphatic carbocycles. The van der Waals surface area contributed by atoms with E-state index < -0.39 is 44.5 Å². The van der Waals surface area contributed by atoms with Crippen molar-refractivity contribution >= 4 is 34.9 Å². The molecule has 0 unspecified atom stereocenters. The quantitative estimate of drug-likeness (QED) is 0.333. The highest BCUT2D eigenvalue weighted by Crippen LogP contribution is 2.41. The third kappa shape index (κ3) is 4.47. The zero-order valence-corrected chi connectivity index (χ0v) is 13.6. The summed E-state index contributed by atoms with van der Waals surface area (Å²) in [6.07, 6.45) is -4.26. The Morgan fingerprint density at radius 3 is 2.11 bits per heavy atom. The van der Waals surface area contributed by atoms with Crippen molar-refractivity contribution in [1.29, 1.82) is 0 Å². The van der Waals surface area contributed by atoms with E-state index in [1.54, 1.807) is 0 Å². The highest BCUT2D eigenvalue weighted by Gasteiger charge is 2.37. The molecule has 0 heterocycles. The van der Waals surface area contributed by atoms with E-state index >= 15 is 0 Å². The Hall–Kier alpha value is -3.28. The molecule has 2 aromatic carbocycles. The number of nitrogens with one attached hydrogen (secondary N) is 1. The van der Waals surface area contributed by atoms with Gasteiger partial charge in [-0.3, -0.25) is 25.7 Å². The molecule has 0 spiro atoms.